The molecular formula is C17H16N2O5. The van der Waals surface area contributed by atoms with Crippen LogP contribution in [0.25, 0.3) is 6.08 Å². The number of hydrogen-bond donors (Lipinski definition) is 1. The first-order chi connectivity index (χ1) is 11.6. The van der Waals surface area contributed by atoms with Crippen molar-refractivity contribution < 1.29 is 19.2 Å². The van der Waals surface area contributed by atoms with Crippen LogP contribution in [-0.2, 0) is 4.74 Å². The molecule has 0 saturated carbocycles. The van der Waals surface area contributed by atoms with Crippen LogP contribution in [0.4, 0.5) is 16.2 Å². The van der Waals surface area contributed by atoms with Crippen molar-refractivity contribution in [3.05, 3.63) is 70.3 Å². The summed E-state index contributed by atoms with van der Waals surface area (Å²) in [6.07, 6.45) is 2.86. The quantitative estimate of drug-likeness (QED) is 0.642. The predicted octanol–water partition coefficient (Wildman–Crippen LogP) is 3.87. The number of anilines is 1. The number of non-ortho nitro benzene ring substituents is 1. The molecule has 24 heavy (non-hydrogen) atoms. The second kappa shape index (κ2) is 8.33. The fourth-order valence-corrected chi connectivity index (χ4v) is 1.91. The van der Waals surface area contributed by atoms with Crippen molar-refractivity contribution in [1.82, 2.24) is 0 Å². The van der Waals surface area contributed by atoms with Crippen LogP contribution in [0.2, 0.25) is 0 Å². The lowest BCUT2D eigenvalue weighted by atomic mass is 10.2. The van der Waals surface area contributed by atoms with Gasteiger partial charge >= 0.3 is 6.09 Å². The van der Waals surface area contributed by atoms with Crippen LogP contribution in [0, 0.1) is 10.1 Å². The second-order valence-electron chi connectivity index (χ2n) is 4.68. The van der Waals surface area contributed by atoms with E-state index < -0.39 is 11.0 Å². The van der Waals surface area contributed by atoms with E-state index in [2.05, 4.69) is 5.32 Å². The predicted molar refractivity (Wildman–Crippen MR) is 90.1 cm³/mol. The maximum absolute atomic E-state index is 11.8. The summed E-state index contributed by atoms with van der Waals surface area (Å²) in [6.45, 7) is 0.0933. The zero-order valence-corrected chi connectivity index (χ0v) is 13.0. The van der Waals surface area contributed by atoms with E-state index in [1.165, 1.54) is 25.3 Å². The van der Waals surface area contributed by atoms with E-state index in [-0.39, 0.29) is 18.0 Å². The third kappa shape index (κ3) is 4.84. The molecule has 0 radical (unpaired) electrons. The van der Waals surface area contributed by atoms with Gasteiger partial charge in [0.15, 0.2) is 0 Å². The number of methoxy groups -OCH3 is 1. The fourth-order valence-electron chi connectivity index (χ4n) is 1.91. The fraction of sp³-hybridized carbons (Fsp3) is 0.118. The molecule has 0 aliphatic carbocycles. The molecule has 1 amide bonds. The summed E-state index contributed by atoms with van der Waals surface area (Å²) in [5, 5.41) is 13.2. The third-order valence-electron chi connectivity index (χ3n) is 3.05. The second-order valence-corrected chi connectivity index (χ2v) is 4.68. The Hall–Kier alpha value is -3.35. The zero-order valence-electron chi connectivity index (χ0n) is 13.0. The van der Waals surface area contributed by atoms with Crippen LogP contribution >= 0.6 is 0 Å². The Kier molecular flexibility index (Phi) is 5.90. The Labute approximate surface area is 138 Å². The lowest BCUT2D eigenvalue weighted by molar-refractivity contribution is -0.384. The van der Waals surface area contributed by atoms with Gasteiger partial charge in [-0.2, -0.15) is 0 Å². The number of nitrogens with zero attached hydrogens (tertiary/aromatic N) is 1. The minimum absolute atomic E-state index is 0.0933. The number of rotatable bonds is 6. The Bertz CT molecular complexity index is 744. The summed E-state index contributed by atoms with van der Waals surface area (Å²) in [6, 6.07) is 13.5. The average Bonchev–Trinajstić information content (AvgIpc) is 2.59. The van der Waals surface area contributed by atoms with E-state index >= 15 is 0 Å². The van der Waals surface area contributed by atoms with Gasteiger partial charge in [0.25, 0.3) is 5.69 Å². The van der Waals surface area contributed by atoms with Crippen LogP contribution in [0.1, 0.15) is 5.56 Å². The number of ether oxygens (including phenoxy) is 2. The van der Waals surface area contributed by atoms with Gasteiger partial charge in [-0.15, -0.1) is 0 Å². The zero-order chi connectivity index (χ0) is 17.4. The lowest BCUT2D eigenvalue weighted by Crippen LogP contribution is -2.14. The Morgan fingerprint density at radius 2 is 2.00 bits per heavy atom. The molecule has 7 heteroatoms. The number of amides is 1. The van der Waals surface area contributed by atoms with Gasteiger partial charge in [0.2, 0.25) is 0 Å². The van der Waals surface area contributed by atoms with Gasteiger partial charge in [0.05, 0.1) is 23.8 Å². The van der Waals surface area contributed by atoms with E-state index in [4.69, 9.17) is 9.47 Å². The molecule has 0 saturated heterocycles. The topological polar surface area (TPSA) is 90.7 Å². The number of hydrogen-bond acceptors (Lipinski definition) is 5. The van der Waals surface area contributed by atoms with Crippen molar-refractivity contribution in [3.8, 4) is 5.75 Å². The summed E-state index contributed by atoms with van der Waals surface area (Å²) in [5.74, 6) is 0.181. The summed E-state index contributed by atoms with van der Waals surface area (Å²) in [7, 11) is 1.36. The number of carbonyl (C=O) groups is 1. The molecule has 2 aromatic rings. The van der Waals surface area contributed by atoms with Crippen molar-refractivity contribution in [2.24, 2.45) is 0 Å². The Balaban J connectivity index is 1.90. The molecule has 1 N–H and O–H groups in total. The monoisotopic (exact) mass is 328 g/mol. The van der Waals surface area contributed by atoms with Gasteiger partial charge in [-0.1, -0.05) is 36.4 Å². The third-order valence-corrected chi connectivity index (χ3v) is 3.05. The average molecular weight is 328 g/mol. The van der Waals surface area contributed by atoms with Gasteiger partial charge in [-0.05, 0) is 17.7 Å². The van der Waals surface area contributed by atoms with Crippen molar-refractivity contribution in [1.29, 1.82) is 0 Å². The molecule has 0 spiro atoms. The van der Waals surface area contributed by atoms with E-state index in [1.807, 2.05) is 36.4 Å². The van der Waals surface area contributed by atoms with Crippen molar-refractivity contribution >= 4 is 23.5 Å². The summed E-state index contributed by atoms with van der Waals surface area (Å²) in [4.78, 5) is 21.9. The Morgan fingerprint density at radius 3 is 2.67 bits per heavy atom. The van der Waals surface area contributed by atoms with Crippen molar-refractivity contribution in [2.75, 3.05) is 19.0 Å². The van der Waals surface area contributed by atoms with E-state index in [1.54, 1.807) is 6.08 Å². The lowest BCUT2D eigenvalue weighted by Gasteiger charge is -2.09. The molecule has 0 fully saturated rings. The van der Waals surface area contributed by atoms with Crippen LogP contribution < -0.4 is 10.1 Å². The minimum Gasteiger partial charge on any atom is -0.494 e. The smallest absolute Gasteiger partial charge is 0.412 e. The van der Waals surface area contributed by atoms with Crippen LogP contribution in [0.15, 0.2) is 54.6 Å². The maximum Gasteiger partial charge on any atom is 0.412 e. The van der Waals surface area contributed by atoms with Crippen molar-refractivity contribution in [2.45, 2.75) is 0 Å². The molecule has 2 rings (SSSR count). The molecule has 0 aromatic heterocycles. The normalized spacial score (nSPS) is 10.4. The van der Waals surface area contributed by atoms with E-state index in [0.717, 1.165) is 5.56 Å². The first-order valence-electron chi connectivity index (χ1n) is 7.08. The number of nitrogens with one attached hydrogen (secondary N) is 1. The van der Waals surface area contributed by atoms with Crippen LogP contribution in [-0.4, -0.2) is 24.7 Å². The molecule has 0 unspecified atom stereocenters. The van der Waals surface area contributed by atoms with Gasteiger partial charge < -0.3 is 9.47 Å². The molecule has 0 atom stereocenters. The van der Waals surface area contributed by atoms with Crippen molar-refractivity contribution in [3.63, 3.8) is 0 Å². The maximum atomic E-state index is 11.8. The van der Waals surface area contributed by atoms with Crippen LogP contribution in [0.3, 0.4) is 0 Å². The van der Waals surface area contributed by atoms with Gasteiger partial charge in [0, 0.05) is 6.07 Å². The number of carbonyl (C=O) groups excluding carboxylic acids is 1. The highest BCUT2D eigenvalue weighted by Gasteiger charge is 2.13. The largest absolute Gasteiger partial charge is 0.494 e. The summed E-state index contributed by atoms with van der Waals surface area (Å²) in [5.41, 5.74) is 1.16. The highest BCUT2D eigenvalue weighted by atomic mass is 16.6. The molecule has 7 nitrogen and oxygen atoms in total. The summed E-state index contributed by atoms with van der Waals surface area (Å²) < 4.78 is 10.1. The SMILES string of the molecule is COc1cc([N+](=O)[O-])ccc1NC(=O)OC/C=C\c1ccccc1. The first-order valence-corrected chi connectivity index (χ1v) is 7.08. The number of benzene rings is 2. The molecule has 0 heterocycles. The number of nitro benzene ring substituents is 1. The summed E-state index contributed by atoms with van der Waals surface area (Å²) >= 11 is 0. The Morgan fingerprint density at radius 1 is 1.25 bits per heavy atom. The van der Waals surface area contributed by atoms with Crippen LogP contribution in [0.5, 0.6) is 5.75 Å². The molecule has 124 valence electrons. The molecule has 0 bridgehead atoms. The number of nitro groups is 1. The first kappa shape index (κ1) is 17.0. The standard InChI is InChI=1S/C17H16N2O5/c1-23-16-12-14(19(21)22)9-10-15(16)18-17(20)24-11-5-8-13-6-3-2-4-7-13/h2-10,12H,11H2,1H3,(H,18,20)/b8-5-. The van der Waals surface area contributed by atoms with E-state index in [9.17, 15) is 14.9 Å². The highest BCUT2D eigenvalue weighted by molar-refractivity contribution is 5.87. The van der Waals surface area contributed by atoms with Gasteiger partial charge in [-0.25, -0.2) is 4.79 Å². The van der Waals surface area contributed by atoms with E-state index in [0.29, 0.717) is 5.69 Å². The van der Waals surface area contributed by atoms with Gasteiger partial charge in [0.1, 0.15) is 12.4 Å². The minimum atomic E-state index is -0.681. The highest BCUT2D eigenvalue weighted by Crippen LogP contribution is 2.29. The molecular weight excluding hydrogens is 312 g/mol. The van der Waals surface area contributed by atoms with Gasteiger partial charge in [-0.3, -0.25) is 15.4 Å². The molecule has 2 aromatic carbocycles. The molecule has 0 aliphatic rings. The molecule has 0 aliphatic heterocycles.